The van der Waals surface area contributed by atoms with Crippen molar-refractivity contribution in [2.45, 2.75) is 11.3 Å². The van der Waals surface area contributed by atoms with Crippen LogP contribution >= 0.6 is 0 Å². The van der Waals surface area contributed by atoms with Crippen molar-refractivity contribution in [2.24, 2.45) is 5.41 Å². The van der Waals surface area contributed by atoms with E-state index in [0.29, 0.717) is 24.5 Å². The molecule has 0 atom stereocenters. The van der Waals surface area contributed by atoms with Crippen molar-refractivity contribution >= 4 is 9.84 Å². The lowest BCUT2D eigenvalue weighted by Crippen LogP contribution is -2.47. The molecule has 1 aromatic rings. The van der Waals surface area contributed by atoms with Gasteiger partial charge in [0.25, 0.3) is 0 Å². The molecule has 5 heteroatoms. The van der Waals surface area contributed by atoms with E-state index in [0.717, 1.165) is 5.56 Å². The first-order valence-electron chi connectivity index (χ1n) is 5.43. The zero-order valence-corrected chi connectivity index (χ0v) is 10.5. The van der Waals surface area contributed by atoms with Crippen LogP contribution in [0, 0.1) is 5.41 Å². The number of aliphatic hydroxyl groups is 1. The summed E-state index contributed by atoms with van der Waals surface area (Å²) in [7, 11) is -3.13. The minimum absolute atomic E-state index is 0.0980. The van der Waals surface area contributed by atoms with Crippen LogP contribution in [0.5, 0.6) is 0 Å². The van der Waals surface area contributed by atoms with E-state index in [2.05, 4.69) is 0 Å². The highest BCUT2D eigenvalue weighted by Gasteiger charge is 2.37. The number of hydrogen-bond donors (Lipinski definition) is 1. The average molecular weight is 256 g/mol. The van der Waals surface area contributed by atoms with Crippen LogP contribution in [0.3, 0.4) is 0 Å². The summed E-state index contributed by atoms with van der Waals surface area (Å²) in [5, 5.41) is 9.31. The summed E-state index contributed by atoms with van der Waals surface area (Å²) >= 11 is 0. The fourth-order valence-corrected chi connectivity index (χ4v) is 2.56. The maximum atomic E-state index is 11.3. The molecule has 0 bridgehead atoms. The first-order chi connectivity index (χ1) is 7.95. The van der Waals surface area contributed by atoms with Gasteiger partial charge in [0.2, 0.25) is 0 Å². The Morgan fingerprint density at radius 3 is 2.24 bits per heavy atom. The Labute approximate surface area is 101 Å². The van der Waals surface area contributed by atoms with Crippen LogP contribution in [0.2, 0.25) is 0 Å². The lowest BCUT2D eigenvalue weighted by atomic mass is 9.81. The SMILES string of the molecule is CS(=O)(=O)c1ccc(CC2(CO)COC2)cc1. The molecule has 0 unspecified atom stereocenters. The predicted molar refractivity (Wildman–Crippen MR) is 63.6 cm³/mol. The van der Waals surface area contributed by atoms with Crippen molar-refractivity contribution in [2.75, 3.05) is 26.1 Å². The monoisotopic (exact) mass is 256 g/mol. The fraction of sp³-hybridized carbons (Fsp3) is 0.500. The van der Waals surface area contributed by atoms with E-state index in [1.807, 2.05) is 0 Å². The van der Waals surface area contributed by atoms with Crippen molar-refractivity contribution < 1.29 is 18.3 Å². The van der Waals surface area contributed by atoms with E-state index in [4.69, 9.17) is 4.74 Å². The van der Waals surface area contributed by atoms with E-state index < -0.39 is 9.84 Å². The van der Waals surface area contributed by atoms with E-state index in [1.165, 1.54) is 6.26 Å². The van der Waals surface area contributed by atoms with Gasteiger partial charge < -0.3 is 9.84 Å². The van der Waals surface area contributed by atoms with Crippen molar-refractivity contribution in [1.29, 1.82) is 0 Å². The molecule has 1 aliphatic rings. The van der Waals surface area contributed by atoms with Gasteiger partial charge in [0.05, 0.1) is 24.7 Å². The molecule has 1 aromatic carbocycles. The highest BCUT2D eigenvalue weighted by atomic mass is 32.2. The van der Waals surface area contributed by atoms with Gasteiger partial charge in [-0.2, -0.15) is 0 Å². The predicted octanol–water partition coefficient (Wildman–Crippen LogP) is 0.642. The molecule has 0 aliphatic carbocycles. The first kappa shape index (κ1) is 12.5. The second-order valence-electron chi connectivity index (χ2n) is 4.74. The molecule has 1 N–H and O–H groups in total. The third-order valence-corrected chi connectivity index (χ3v) is 4.21. The molecular weight excluding hydrogens is 240 g/mol. The second-order valence-corrected chi connectivity index (χ2v) is 6.76. The average Bonchev–Trinajstić information content (AvgIpc) is 2.23. The summed E-state index contributed by atoms with van der Waals surface area (Å²) in [6.45, 7) is 1.23. The van der Waals surface area contributed by atoms with Crippen LogP contribution in [-0.4, -0.2) is 39.6 Å². The molecule has 17 heavy (non-hydrogen) atoms. The maximum Gasteiger partial charge on any atom is 0.175 e. The Balaban J connectivity index is 2.14. The molecule has 0 amide bonds. The van der Waals surface area contributed by atoms with Crippen LogP contribution in [0.1, 0.15) is 5.56 Å². The zero-order valence-electron chi connectivity index (χ0n) is 9.72. The molecule has 0 radical (unpaired) electrons. The molecule has 1 saturated heterocycles. The summed E-state index contributed by atoms with van der Waals surface area (Å²) < 4.78 is 27.7. The minimum atomic E-state index is -3.13. The summed E-state index contributed by atoms with van der Waals surface area (Å²) in [6.07, 6.45) is 1.91. The highest BCUT2D eigenvalue weighted by Crippen LogP contribution is 2.31. The molecule has 2 rings (SSSR count). The molecule has 1 heterocycles. The second kappa shape index (κ2) is 4.40. The molecule has 94 valence electrons. The number of benzene rings is 1. The zero-order chi connectivity index (χ0) is 12.5. The van der Waals surface area contributed by atoms with E-state index in [9.17, 15) is 13.5 Å². The number of hydrogen-bond acceptors (Lipinski definition) is 4. The molecule has 0 saturated carbocycles. The summed E-state index contributed by atoms with van der Waals surface area (Å²) in [4.78, 5) is 0.323. The van der Waals surface area contributed by atoms with E-state index in [-0.39, 0.29) is 12.0 Å². The van der Waals surface area contributed by atoms with Gasteiger partial charge in [-0.05, 0) is 24.1 Å². The quantitative estimate of drug-likeness (QED) is 0.858. The van der Waals surface area contributed by atoms with Gasteiger partial charge in [-0.3, -0.25) is 0 Å². The highest BCUT2D eigenvalue weighted by molar-refractivity contribution is 7.90. The number of sulfone groups is 1. The summed E-state index contributed by atoms with van der Waals surface area (Å²) in [5.74, 6) is 0. The lowest BCUT2D eigenvalue weighted by molar-refractivity contribution is -0.136. The van der Waals surface area contributed by atoms with Gasteiger partial charge >= 0.3 is 0 Å². The van der Waals surface area contributed by atoms with Crippen LogP contribution in [0.4, 0.5) is 0 Å². The van der Waals surface area contributed by atoms with Crippen molar-refractivity contribution in [3.63, 3.8) is 0 Å². The lowest BCUT2D eigenvalue weighted by Gasteiger charge is -2.40. The number of ether oxygens (including phenoxy) is 1. The number of aliphatic hydroxyl groups excluding tert-OH is 1. The van der Waals surface area contributed by atoms with Crippen LogP contribution in [-0.2, 0) is 21.0 Å². The molecule has 1 fully saturated rings. The van der Waals surface area contributed by atoms with Gasteiger partial charge in [0, 0.05) is 11.7 Å². The normalized spacial score (nSPS) is 18.7. The van der Waals surface area contributed by atoms with Gasteiger partial charge in [-0.15, -0.1) is 0 Å². The molecular formula is C12H16O4S. The summed E-state index contributed by atoms with van der Waals surface area (Å²) in [6, 6.07) is 6.81. The summed E-state index contributed by atoms with van der Waals surface area (Å²) in [5.41, 5.74) is 0.849. The molecule has 0 spiro atoms. The van der Waals surface area contributed by atoms with Crippen LogP contribution in [0.15, 0.2) is 29.2 Å². The third kappa shape index (κ3) is 2.68. The smallest absolute Gasteiger partial charge is 0.175 e. The number of rotatable bonds is 4. The Morgan fingerprint density at radius 2 is 1.88 bits per heavy atom. The largest absolute Gasteiger partial charge is 0.396 e. The van der Waals surface area contributed by atoms with Gasteiger partial charge in [0.15, 0.2) is 9.84 Å². The standard InChI is InChI=1S/C12H16O4S/c1-17(14,15)11-4-2-10(3-5-11)6-12(7-13)8-16-9-12/h2-5,13H,6-9H2,1H3. The van der Waals surface area contributed by atoms with Crippen molar-refractivity contribution in [1.82, 2.24) is 0 Å². The topological polar surface area (TPSA) is 63.6 Å². The molecule has 1 aliphatic heterocycles. The van der Waals surface area contributed by atoms with E-state index in [1.54, 1.807) is 24.3 Å². The Hall–Kier alpha value is -0.910. The van der Waals surface area contributed by atoms with Gasteiger partial charge in [-0.1, -0.05) is 12.1 Å². The Morgan fingerprint density at radius 1 is 1.29 bits per heavy atom. The Kier molecular flexibility index (Phi) is 3.25. The Bertz CT molecular complexity index is 480. The van der Waals surface area contributed by atoms with Crippen molar-refractivity contribution in [3.05, 3.63) is 29.8 Å². The minimum Gasteiger partial charge on any atom is -0.396 e. The van der Waals surface area contributed by atoms with Crippen molar-refractivity contribution in [3.8, 4) is 0 Å². The third-order valence-electron chi connectivity index (χ3n) is 3.08. The van der Waals surface area contributed by atoms with Gasteiger partial charge in [0.1, 0.15) is 0 Å². The van der Waals surface area contributed by atoms with Crippen LogP contribution in [0.25, 0.3) is 0 Å². The van der Waals surface area contributed by atoms with Crippen LogP contribution < -0.4 is 0 Å². The van der Waals surface area contributed by atoms with Gasteiger partial charge in [-0.25, -0.2) is 8.42 Å². The molecule has 0 aromatic heterocycles. The maximum absolute atomic E-state index is 11.3. The van der Waals surface area contributed by atoms with E-state index >= 15 is 0 Å². The first-order valence-corrected chi connectivity index (χ1v) is 7.32. The molecule has 4 nitrogen and oxygen atoms in total. The fourth-order valence-electron chi connectivity index (χ4n) is 1.93.